The molecule has 0 saturated carbocycles. The molecule has 0 atom stereocenters. The van der Waals surface area contributed by atoms with Crippen molar-refractivity contribution in [2.75, 3.05) is 0 Å². The average molecular weight is 843 g/mol. The molecule has 64 heavy (non-hydrogen) atoms. The van der Waals surface area contributed by atoms with Gasteiger partial charge in [0.25, 0.3) is 0 Å². The van der Waals surface area contributed by atoms with Crippen LogP contribution in [0.5, 0.6) is 0 Å². The quantitative estimate of drug-likeness (QED) is 0.153. The van der Waals surface area contributed by atoms with E-state index in [2.05, 4.69) is 0 Å². The third-order valence-electron chi connectivity index (χ3n) is 10.7. The Morgan fingerprint density at radius 2 is 0.594 bits per heavy atom. The topological polar surface area (TPSA) is 143 Å². The molecule has 0 radical (unpaired) electrons. The second kappa shape index (κ2) is 16.5. The number of nitrogens with zero attached hydrogens (tertiary/aromatic N) is 6. The van der Waals surface area contributed by atoms with Crippen molar-refractivity contribution >= 4 is 22.3 Å². The summed E-state index contributed by atoms with van der Waals surface area (Å²) in [5.74, 6) is -5.26. The van der Waals surface area contributed by atoms with Gasteiger partial charge in [-0.15, -0.1) is 0 Å². The van der Waals surface area contributed by atoms with Gasteiger partial charge in [-0.2, -0.15) is 31.6 Å². The zero-order valence-corrected chi connectivity index (χ0v) is 32.5. The van der Waals surface area contributed by atoms with E-state index in [1.165, 1.54) is 72.8 Å². The zero-order chi connectivity index (χ0) is 45.4. The van der Waals surface area contributed by atoms with E-state index in [1.807, 2.05) is 24.3 Å². The summed E-state index contributed by atoms with van der Waals surface area (Å²) in [5.41, 5.74) is 0.951. The van der Waals surface area contributed by atoms with Gasteiger partial charge < -0.3 is 0 Å². The fraction of sp³-hybridized carbons (Fsp3) is 0. The molecule has 0 spiro atoms. The number of rotatable bonds is 6. The van der Waals surface area contributed by atoms with Crippen LogP contribution in [-0.4, -0.2) is 0 Å². The minimum atomic E-state index is -0.901. The van der Waals surface area contributed by atoms with Crippen molar-refractivity contribution in [3.63, 3.8) is 0 Å². The summed E-state index contributed by atoms with van der Waals surface area (Å²) in [4.78, 5) is 0. The van der Waals surface area contributed by atoms with Gasteiger partial charge in [0.15, 0.2) is 0 Å². The highest BCUT2D eigenvalue weighted by molar-refractivity contribution is 6.12. The summed E-state index contributed by atoms with van der Waals surface area (Å²) >= 11 is 0. The van der Waals surface area contributed by atoms with Crippen molar-refractivity contribution in [3.05, 3.63) is 245 Å². The first-order valence-electron chi connectivity index (χ1n) is 18.8. The minimum absolute atomic E-state index is 0.181. The third-order valence-corrected chi connectivity index (χ3v) is 10.7. The average Bonchev–Trinajstić information content (AvgIpc) is 3.85. The summed E-state index contributed by atoms with van der Waals surface area (Å²) in [5, 5.41) is 59.0. The molecular weight excluding hydrogens is 823 g/mol. The van der Waals surface area contributed by atoms with Crippen LogP contribution in [0.3, 0.4) is 0 Å². The predicted molar refractivity (Wildman–Crippen MR) is 222 cm³/mol. The van der Waals surface area contributed by atoms with Gasteiger partial charge in [-0.05, 0) is 163 Å². The monoisotopic (exact) mass is 842 g/mol. The molecule has 0 saturated heterocycles. The van der Waals surface area contributed by atoms with Crippen LogP contribution in [0.1, 0.15) is 66.8 Å². The van der Waals surface area contributed by atoms with E-state index >= 15 is 26.3 Å². The fourth-order valence-electron chi connectivity index (χ4n) is 7.81. The molecule has 8 rings (SSSR count). The minimum Gasteiger partial charge on any atom is -0.206 e. The lowest BCUT2D eigenvalue weighted by Crippen LogP contribution is -2.02. The fourth-order valence-corrected chi connectivity index (χ4v) is 7.81. The summed E-state index contributed by atoms with van der Waals surface area (Å²) in [6, 6.07) is 33.0. The van der Waals surface area contributed by atoms with Gasteiger partial charge in [-0.1, -0.05) is 36.4 Å². The SMILES string of the molecule is N#Cc1ccc(C2=CC3=C(C=C(c4ccc(C#N)c(F)c4)C3=C(c3ccc(F)c(C#N)c3)c3ccc(F)c(C#N)c3)C2=C(c2ccc(F)c(C#N)c2)c2ccc(F)c(C#N)c2)cc1F. The van der Waals surface area contributed by atoms with Crippen LogP contribution in [0.4, 0.5) is 26.3 Å². The number of allylic oxidation sites excluding steroid dienone is 8. The molecule has 0 heterocycles. The molecule has 0 unspecified atom stereocenters. The van der Waals surface area contributed by atoms with Crippen molar-refractivity contribution in [2.24, 2.45) is 0 Å². The predicted octanol–water partition coefficient (Wildman–Crippen LogP) is 11.5. The van der Waals surface area contributed by atoms with Crippen LogP contribution >= 0.6 is 0 Å². The van der Waals surface area contributed by atoms with Crippen LogP contribution in [0.2, 0.25) is 0 Å². The van der Waals surface area contributed by atoms with Crippen LogP contribution in [0.15, 0.2) is 144 Å². The van der Waals surface area contributed by atoms with E-state index in [1.54, 1.807) is 24.3 Å². The highest BCUT2D eigenvalue weighted by Crippen LogP contribution is 2.55. The third kappa shape index (κ3) is 7.07. The molecule has 6 aromatic rings. The highest BCUT2D eigenvalue weighted by Gasteiger charge is 2.36. The Hall–Kier alpha value is -9.46. The molecule has 0 aromatic heterocycles. The van der Waals surface area contributed by atoms with E-state index in [9.17, 15) is 31.6 Å². The van der Waals surface area contributed by atoms with Crippen molar-refractivity contribution in [2.45, 2.75) is 0 Å². The molecule has 300 valence electrons. The zero-order valence-electron chi connectivity index (χ0n) is 32.5. The second-order valence-electron chi connectivity index (χ2n) is 14.3. The summed E-state index contributed by atoms with van der Waals surface area (Å²) < 4.78 is 91.4. The van der Waals surface area contributed by atoms with Crippen molar-refractivity contribution in [3.8, 4) is 36.4 Å². The van der Waals surface area contributed by atoms with Gasteiger partial charge in [-0.3, -0.25) is 0 Å². The maximum atomic E-state index is 15.7. The van der Waals surface area contributed by atoms with Crippen molar-refractivity contribution < 1.29 is 26.3 Å². The Bertz CT molecular complexity index is 3170. The number of halogens is 6. The Morgan fingerprint density at radius 1 is 0.312 bits per heavy atom. The van der Waals surface area contributed by atoms with E-state index in [0.29, 0.717) is 11.1 Å². The molecule has 12 heteroatoms. The molecule has 0 bridgehead atoms. The number of hydrogen-bond donors (Lipinski definition) is 0. The van der Waals surface area contributed by atoms with Crippen LogP contribution in [0, 0.1) is 103 Å². The van der Waals surface area contributed by atoms with E-state index in [0.717, 1.165) is 36.4 Å². The molecule has 2 aliphatic rings. The van der Waals surface area contributed by atoms with Gasteiger partial charge in [0, 0.05) is 0 Å². The Balaban J connectivity index is 1.61. The number of benzene rings is 6. The van der Waals surface area contributed by atoms with Gasteiger partial charge in [0.1, 0.15) is 71.3 Å². The molecule has 0 fully saturated rings. The molecule has 2 aliphatic carbocycles. The summed E-state index contributed by atoms with van der Waals surface area (Å²) in [6.45, 7) is 0. The van der Waals surface area contributed by atoms with Crippen molar-refractivity contribution in [1.82, 2.24) is 0 Å². The molecule has 6 aromatic carbocycles. The lowest BCUT2D eigenvalue weighted by atomic mass is 9.83. The smallest absolute Gasteiger partial charge is 0.141 e. The standard InChI is InChI=1S/C52H20F6N6/c53-43-9-5-29(13-35(43)23-61)49(30-6-10-44(54)36(14-30)24-62)51-39(27-1-3-33(21-59)47(57)17-27)19-41-42(51)20-40(28-2-4-34(22-60)48(58)18-28)52(41)50(31-7-11-45(55)37(15-31)25-63)32-8-12-46(56)38(16-32)26-64/h1-20H. The second-order valence-corrected chi connectivity index (χ2v) is 14.3. The Kier molecular flexibility index (Phi) is 10.7. The van der Waals surface area contributed by atoms with Crippen LogP contribution < -0.4 is 0 Å². The van der Waals surface area contributed by atoms with E-state index in [-0.39, 0.29) is 100 Å². The number of hydrogen-bond acceptors (Lipinski definition) is 6. The lowest BCUT2D eigenvalue weighted by molar-refractivity contribution is 0.623. The molecule has 6 nitrogen and oxygen atoms in total. The van der Waals surface area contributed by atoms with Crippen LogP contribution in [-0.2, 0) is 0 Å². The molecule has 0 aliphatic heterocycles. The first-order valence-corrected chi connectivity index (χ1v) is 18.8. The number of nitriles is 6. The first-order chi connectivity index (χ1) is 30.9. The maximum Gasteiger partial charge on any atom is 0.141 e. The molecular formula is C52H20F6N6. The van der Waals surface area contributed by atoms with Gasteiger partial charge >= 0.3 is 0 Å². The Morgan fingerprint density at radius 3 is 0.844 bits per heavy atom. The van der Waals surface area contributed by atoms with Crippen molar-refractivity contribution in [1.29, 1.82) is 31.6 Å². The highest BCUT2D eigenvalue weighted by atomic mass is 19.1. The summed E-state index contributed by atoms with van der Waals surface area (Å²) in [6.07, 6.45) is 3.24. The molecule has 0 amide bonds. The largest absolute Gasteiger partial charge is 0.206 e. The first kappa shape index (κ1) is 41.3. The summed E-state index contributed by atoms with van der Waals surface area (Å²) in [7, 11) is 0. The Labute approximate surface area is 360 Å². The van der Waals surface area contributed by atoms with Gasteiger partial charge in [0.05, 0.1) is 33.4 Å². The van der Waals surface area contributed by atoms with Crippen LogP contribution in [0.25, 0.3) is 22.3 Å². The lowest BCUT2D eigenvalue weighted by Gasteiger charge is -2.20. The molecule has 0 N–H and O–H groups in total. The normalized spacial score (nSPS) is 12.5. The maximum absolute atomic E-state index is 15.7. The van der Waals surface area contributed by atoms with E-state index < -0.39 is 34.9 Å². The van der Waals surface area contributed by atoms with Gasteiger partial charge in [0.2, 0.25) is 0 Å². The van der Waals surface area contributed by atoms with E-state index in [4.69, 9.17) is 0 Å². The van der Waals surface area contributed by atoms with Gasteiger partial charge in [-0.25, -0.2) is 26.3 Å².